The molecular formula is C37H61N. The van der Waals surface area contributed by atoms with E-state index in [1.54, 1.807) is 0 Å². The number of aryl methyl sites for hydroxylation is 3. The van der Waals surface area contributed by atoms with Crippen LogP contribution in [0, 0.1) is 25.2 Å². The number of rotatable bonds is 4. The van der Waals surface area contributed by atoms with E-state index in [4.69, 9.17) is 5.73 Å². The summed E-state index contributed by atoms with van der Waals surface area (Å²) in [4.78, 5) is 0. The zero-order valence-corrected chi connectivity index (χ0v) is 26.8. The van der Waals surface area contributed by atoms with Crippen molar-refractivity contribution in [2.24, 2.45) is 17.1 Å². The molecule has 1 saturated carbocycles. The van der Waals surface area contributed by atoms with Crippen LogP contribution in [0.4, 0.5) is 0 Å². The van der Waals surface area contributed by atoms with Crippen molar-refractivity contribution >= 4 is 5.57 Å². The second-order valence-electron chi connectivity index (χ2n) is 11.0. The largest absolute Gasteiger partial charge is 0.326 e. The van der Waals surface area contributed by atoms with E-state index in [1.165, 1.54) is 54.4 Å². The van der Waals surface area contributed by atoms with Crippen LogP contribution in [0.3, 0.4) is 0 Å². The predicted molar refractivity (Wildman–Crippen MR) is 177 cm³/mol. The highest BCUT2D eigenvalue weighted by molar-refractivity contribution is 5.65. The summed E-state index contributed by atoms with van der Waals surface area (Å²) in [6.07, 6.45) is 12.7. The molecule has 2 aromatic rings. The third-order valence-corrected chi connectivity index (χ3v) is 6.35. The Balaban J connectivity index is 0. The molecule has 3 rings (SSSR count). The summed E-state index contributed by atoms with van der Waals surface area (Å²) < 4.78 is 0. The molecule has 0 bridgehead atoms. The van der Waals surface area contributed by atoms with E-state index in [2.05, 4.69) is 110 Å². The van der Waals surface area contributed by atoms with Crippen LogP contribution in [0.2, 0.25) is 0 Å². The fraction of sp³-hybridized carbons (Fsp3) is 0.514. The SMILES string of the molecule is C=C(/C=C\C)C(C)(C)C.C=C(CN)c1cc(C)cc(C)c1.CC.CC1CCCCC1.CCc1ccccc1. The highest BCUT2D eigenvalue weighted by atomic mass is 14.5. The van der Waals surface area contributed by atoms with Crippen LogP contribution >= 0.6 is 0 Å². The van der Waals surface area contributed by atoms with Gasteiger partial charge in [-0.25, -0.2) is 0 Å². The van der Waals surface area contributed by atoms with Gasteiger partial charge in [0.1, 0.15) is 0 Å². The fourth-order valence-corrected chi connectivity index (χ4v) is 3.77. The molecule has 0 aromatic heterocycles. The van der Waals surface area contributed by atoms with Gasteiger partial charge in [-0.05, 0) is 55.2 Å². The predicted octanol–water partition coefficient (Wildman–Crippen LogP) is 11.3. The topological polar surface area (TPSA) is 26.0 Å². The van der Waals surface area contributed by atoms with Crippen molar-refractivity contribution in [3.63, 3.8) is 0 Å². The van der Waals surface area contributed by atoms with E-state index in [0.717, 1.165) is 23.5 Å². The highest BCUT2D eigenvalue weighted by Gasteiger charge is 2.10. The second kappa shape index (κ2) is 22.6. The number of benzene rings is 2. The van der Waals surface area contributed by atoms with Gasteiger partial charge in [0.2, 0.25) is 0 Å². The Kier molecular flexibility index (Phi) is 22.5. The number of allylic oxidation sites excluding steroid dienone is 3. The Morgan fingerprint density at radius 1 is 0.921 bits per heavy atom. The molecule has 1 nitrogen and oxygen atoms in total. The average Bonchev–Trinajstić information content (AvgIpc) is 2.90. The van der Waals surface area contributed by atoms with Gasteiger partial charge in [-0.1, -0.05) is 171 Å². The van der Waals surface area contributed by atoms with Crippen molar-refractivity contribution in [3.05, 3.63) is 102 Å². The second-order valence-corrected chi connectivity index (χ2v) is 11.0. The average molecular weight is 520 g/mol. The van der Waals surface area contributed by atoms with Crippen LogP contribution in [0.5, 0.6) is 0 Å². The molecular weight excluding hydrogens is 458 g/mol. The Morgan fingerprint density at radius 3 is 1.71 bits per heavy atom. The van der Waals surface area contributed by atoms with E-state index in [0.29, 0.717) is 6.54 Å². The lowest BCUT2D eigenvalue weighted by Gasteiger charge is -2.18. The van der Waals surface area contributed by atoms with Crippen molar-refractivity contribution in [3.8, 4) is 0 Å². The zero-order chi connectivity index (χ0) is 29.6. The summed E-state index contributed by atoms with van der Waals surface area (Å²) in [6.45, 7) is 29.5. The van der Waals surface area contributed by atoms with E-state index >= 15 is 0 Å². The van der Waals surface area contributed by atoms with Crippen molar-refractivity contribution in [1.82, 2.24) is 0 Å². The Hall–Kier alpha value is -2.38. The zero-order valence-electron chi connectivity index (χ0n) is 26.8. The molecule has 0 heterocycles. The van der Waals surface area contributed by atoms with Crippen molar-refractivity contribution in [1.29, 1.82) is 0 Å². The highest BCUT2D eigenvalue weighted by Crippen LogP contribution is 2.24. The Morgan fingerprint density at radius 2 is 1.42 bits per heavy atom. The number of hydrogen-bond acceptors (Lipinski definition) is 1. The van der Waals surface area contributed by atoms with Crippen LogP contribution in [-0.4, -0.2) is 6.54 Å². The monoisotopic (exact) mass is 519 g/mol. The molecule has 1 aliphatic rings. The normalized spacial score (nSPS) is 12.8. The van der Waals surface area contributed by atoms with Crippen LogP contribution < -0.4 is 5.73 Å². The number of nitrogens with two attached hydrogens (primary N) is 1. The molecule has 0 spiro atoms. The lowest BCUT2D eigenvalue weighted by atomic mass is 9.87. The van der Waals surface area contributed by atoms with E-state index in [-0.39, 0.29) is 5.41 Å². The van der Waals surface area contributed by atoms with Gasteiger partial charge in [-0.3, -0.25) is 0 Å². The fourth-order valence-electron chi connectivity index (χ4n) is 3.77. The molecule has 0 aliphatic heterocycles. The van der Waals surface area contributed by atoms with Gasteiger partial charge in [-0.2, -0.15) is 0 Å². The maximum atomic E-state index is 5.50. The maximum absolute atomic E-state index is 5.50. The summed E-state index contributed by atoms with van der Waals surface area (Å²) in [5.74, 6) is 1.04. The minimum Gasteiger partial charge on any atom is -0.326 e. The third kappa shape index (κ3) is 19.7. The third-order valence-electron chi connectivity index (χ3n) is 6.35. The van der Waals surface area contributed by atoms with Crippen LogP contribution in [0.15, 0.2) is 79.4 Å². The van der Waals surface area contributed by atoms with Crippen LogP contribution in [0.25, 0.3) is 5.57 Å². The molecule has 0 unspecified atom stereocenters. The smallest absolute Gasteiger partial charge is 0.0178 e. The van der Waals surface area contributed by atoms with E-state index in [9.17, 15) is 0 Å². The molecule has 1 aliphatic carbocycles. The lowest BCUT2D eigenvalue weighted by molar-refractivity contribution is 0.385. The summed E-state index contributed by atoms with van der Waals surface area (Å²) in [5.41, 5.74) is 13.0. The Bertz CT molecular complexity index is 870. The first-order chi connectivity index (χ1) is 17.9. The van der Waals surface area contributed by atoms with Crippen LogP contribution in [0.1, 0.15) is 110 Å². The van der Waals surface area contributed by atoms with E-state index in [1.807, 2.05) is 32.9 Å². The van der Waals surface area contributed by atoms with Gasteiger partial charge in [0.15, 0.2) is 0 Å². The summed E-state index contributed by atoms with van der Waals surface area (Å²) >= 11 is 0. The van der Waals surface area contributed by atoms with Gasteiger partial charge in [-0.15, -0.1) is 0 Å². The van der Waals surface area contributed by atoms with Gasteiger partial charge in [0, 0.05) is 6.54 Å². The standard InChI is InChI=1S/C11H15N.C9H16.C8H10.C7H14.C2H6/c1-8-4-9(2)6-11(5-8)10(3)7-12;1-6-7-8(2)9(3,4)5;1-2-8-6-4-3-5-7-8;1-7-5-3-2-4-6-7;1-2/h4-6H,3,7,12H2,1-2H3;6-7H,2H2,1,3-5H3;3-7H,2H2,1H3;7H,2-6H2,1H3;1-2H3/b;7-6-;;;. The Labute approximate surface area is 238 Å². The lowest BCUT2D eigenvalue weighted by Crippen LogP contribution is -2.05. The molecule has 2 N–H and O–H groups in total. The molecule has 0 atom stereocenters. The molecule has 2 aromatic carbocycles. The maximum Gasteiger partial charge on any atom is 0.0178 e. The summed E-state index contributed by atoms with van der Waals surface area (Å²) in [7, 11) is 0. The summed E-state index contributed by atoms with van der Waals surface area (Å²) in [6, 6.07) is 16.8. The molecule has 0 radical (unpaired) electrons. The van der Waals surface area contributed by atoms with E-state index < -0.39 is 0 Å². The minimum absolute atomic E-state index is 0.229. The summed E-state index contributed by atoms with van der Waals surface area (Å²) in [5, 5.41) is 0. The van der Waals surface area contributed by atoms with Gasteiger partial charge in [0.05, 0.1) is 0 Å². The number of hydrogen-bond donors (Lipinski definition) is 1. The van der Waals surface area contributed by atoms with Crippen LogP contribution in [-0.2, 0) is 6.42 Å². The van der Waals surface area contributed by atoms with Gasteiger partial charge < -0.3 is 5.73 Å². The first-order valence-corrected chi connectivity index (χ1v) is 14.8. The van der Waals surface area contributed by atoms with Gasteiger partial charge >= 0.3 is 0 Å². The molecule has 1 heteroatoms. The quantitative estimate of drug-likeness (QED) is 0.399. The molecule has 214 valence electrons. The van der Waals surface area contributed by atoms with Crippen molar-refractivity contribution in [2.75, 3.05) is 6.54 Å². The molecule has 0 saturated heterocycles. The molecule has 1 fully saturated rings. The first kappa shape index (κ1) is 37.8. The molecule has 0 amide bonds. The van der Waals surface area contributed by atoms with Crippen molar-refractivity contribution < 1.29 is 0 Å². The van der Waals surface area contributed by atoms with Gasteiger partial charge in [0.25, 0.3) is 0 Å². The van der Waals surface area contributed by atoms with Crippen molar-refractivity contribution in [2.45, 2.75) is 108 Å². The first-order valence-electron chi connectivity index (χ1n) is 14.8. The minimum atomic E-state index is 0.229. The molecule has 38 heavy (non-hydrogen) atoms.